The number of nitrogens with zero attached hydrogens (tertiary/aromatic N) is 1. The van der Waals surface area contributed by atoms with Crippen molar-refractivity contribution in [2.75, 3.05) is 26.4 Å². The van der Waals surface area contributed by atoms with Crippen LogP contribution >= 0.6 is 0 Å². The first-order chi connectivity index (χ1) is 18.3. The van der Waals surface area contributed by atoms with Gasteiger partial charge in [0.05, 0.1) is 36.3 Å². The minimum atomic E-state index is -0.714. The number of fused-ring (bicyclic) bond motifs is 2. The molecule has 1 aromatic heterocycles. The number of carbonyl (C=O) groups is 1. The lowest BCUT2D eigenvalue weighted by atomic mass is 9.98. The molecule has 0 saturated heterocycles. The van der Waals surface area contributed by atoms with Crippen molar-refractivity contribution in [1.82, 2.24) is 4.90 Å². The van der Waals surface area contributed by atoms with E-state index in [0.717, 1.165) is 25.3 Å². The maximum absolute atomic E-state index is 14.0. The molecule has 0 bridgehead atoms. The molecule has 1 amide bonds. The number of carbonyl (C=O) groups excluding carboxylic acids is 1. The smallest absolute Gasteiger partial charge is 0.290 e. The molecule has 4 rings (SSSR count). The third-order valence-corrected chi connectivity index (χ3v) is 6.51. The van der Waals surface area contributed by atoms with E-state index >= 15 is 0 Å². The van der Waals surface area contributed by atoms with E-state index in [1.807, 2.05) is 39.0 Å². The van der Waals surface area contributed by atoms with Crippen molar-refractivity contribution >= 4 is 16.9 Å². The average molecular weight is 526 g/mol. The van der Waals surface area contributed by atoms with Gasteiger partial charge in [0.25, 0.3) is 5.91 Å². The van der Waals surface area contributed by atoms with Crippen LogP contribution in [0.3, 0.4) is 0 Å². The summed E-state index contributed by atoms with van der Waals surface area (Å²) in [5, 5.41) is 0.104. The first kappa shape index (κ1) is 27.6. The van der Waals surface area contributed by atoms with Gasteiger partial charge in [0, 0.05) is 13.2 Å². The van der Waals surface area contributed by atoms with E-state index < -0.39 is 17.3 Å². The zero-order valence-electron chi connectivity index (χ0n) is 22.6. The van der Waals surface area contributed by atoms with Crippen molar-refractivity contribution in [2.45, 2.75) is 65.5 Å². The number of ether oxygens (including phenoxy) is 3. The highest BCUT2D eigenvalue weighted by molar-refractivity contribution is 5.99. The Balaban J connectivity index is 1.77. The third-order valence-electron chi connectivity index (χ3n) is 6.51. The Hall–Kier alpha value is -3.39. The minimum absolute atomic E-state index is 0.0123. The van der Waals surface area contributed by atoms with E-state index in [0.29, 0.717) is 49.8 Å². The summed E-state index contributed by atoms with van der Waals surface area (Å²) in [5.74, 6) is 0.219. The third kappa shape index (κ3) is 5.85. The van der Waals surface area contributed by atoms with Crippen molar-refractivity contribution in [2.24, 2.45) is 0 Å². The van der Waals surface area contributed by atoms with Gasteiger partial charge in [0.2, 0.25) is 5.76 Å². The Morgan fingerprint density at radius 2 is 1.79 bits per heavy atom. The molecule has 2 aromatic carbocycles. The van der Waals surface area contributed by atoms with E-state index in [1.165, 1.54) is 12.1 Å². The Bertz CT molecular complexity index is 1330. The van der Waals surface area contributed by atoms with Crippen LogP contribution in [0.2, 0.25) is 0 Å². The first-order valence-electron chi connectivity index (χ1n) is 13.4. The van der Waals surface area contributed by atoms with Crippen LogP contribution in [0.1, 0.15) is 81.1 Å². The monoisotopic (exact) mass is 525 g/mol. The fourth-order valence-corrected chi connectivity index (χ4v) is 4.74. The Morgan fingerprint density at radius 3 is 2.53 bits per heavy atom. The predicted molar refractivity (Wildman–Crippen MR) is 144 cm³/mol. The molecule has 0 spiro atoms. The molecule has 204 valence electrons. The summed E-state index contributed by atoms with van der Waals surface area (Å²) in [6.07, 6.45) is 3.75. The predicted octanol–water partition coefficient (Wildman–Crippen LogP) is 6.26. The molecule has 1 aliphatic heterocycles. The normalized spacial score (nSPS) is 14.9. The molecule has 1 atom stereocenters. The molecule has 7 nitrogen and oxygen atoms in total. The number of amides is 1. The lowest BCUT2D eigenvalue weighted by Gasteiger charge is -2.26. The quantitative estimate of drug-likeness (QED) is 0.245. The second-order valence-electron chi connectivity index (χ2n) is 9.68. The van der Waals surface area contributed by atoms with E-state index in [1.54, 1.807) is 4.90 Å². The van der Waals surface area contributed by atoms with E-state index in [9.17, 15) is 14.0 Å². The van der Waals surface area contributed by atoms with Gasteiger partial charge in [-0.15, -0.1) is 0 Å². The van der Waals surface area contributed by atoms with Gasteiger partial charge in [-0.25, -0.2) is 4.39 Å². The molecule has 8 heteroatoms. The summed E-state index contributed by atoms with van der Waals surface area (Å²) < 4.78 is 37.5. The van der Waals surface area contributed by atoms with Crippen LogP contribution in [-0.4, -0.2) is 43.3 Å². The summed E-state index contributed by atoms with van der Waals surface area (Å²) in [6.45, 7) is 9.74. The van der Waals surface area contributed by atoms with Crippen LogP contribution in [0.15, 0.2) is 45.6 Å². The summed E-state index contributed by atoms with van der Waals surface area (Å²) in [7, 11) is 0. The molecule has 1 unspecified atom stereocenters. The number of unbranched alkanes of at least 4 members (excludes halogenated alkanes) is 2. The van der Waals surface area contributed by atoms with Crippen molar-refractivity contribution in [3.8, 4) is 11.5 Å². The molecule has 38 heavy (non-hydrogen) atoms. The molecular formula is C30H36FNO6. The highest BCUT2D eigenvalue weighted by atomic mass is 19.1. The maximum Gasteiger partial charge on any atom is 0.290 e. The average Bonchev–Trinajstić information content (AvgIpc) is 3.17. The Morgan fingerprint density at radius 1 is 0.974 bits per heavy atom. The van der Waals surface area contributed by atoms with Gasteiger partial charge in [-0.2, -0.15) is 0 Å². The van der Waals surface area contributed by atoms with E-state index in [2.05, 4.69) is 6.92 Å². The second-order valence-corrected chi connectivity index (χ2v) is 9.68. The molecule has 1 aliphatic rings. The van der Waals surface area contributed by atoms with Crippen LogP contribution in [0.25, 0.3) is 11.0 Å². The van der Waals surface area contributed by atoms with Crippen LogP contribution in [0.5, 0.6) is 11.5 Å². The van der Waals surface area contributed by atoms with Crippen LogP contribution in [-0.2, 0) is 4.74 Å². The first-order valence-corrected chi connectivity index (χ1v) is 13.4. The molecule has 0 fully saturated rings. The number of rotatable bonds is 13. The molecule has 0 N–H and O–H groups in total. The van der Waals surface area contributed by atoms with Crippen LogP contribution in [0.4, 0.5) is 4.39 Å². The summed E-state index contributed by atoms with van der Waals surface area (Å²) >= 11 is 0. The molecule has 0 saturated carbocycles. The summed E-state index contributed by atoms with van der Waals surface area (Å²) in [4.78, 5) is 28.9. The topological polar surface area (TPSA) is 78.2 Å². The number of benzene rings is 2. The fourth-order valence-electron chi connectivity index (χ4n) is 4.74. The molecular weight excluding hydrogens is 489 g/mol. The zero-order valence-corrected chi connectivity index (χ0v) is 22.6. The van der Waals surface area contributed by atoms with Crippen molar-refractivity contribution in [1.29, 1.82) is 0 Å². The van der Waals surface area contributed by atoms with Gasteiger partial charge >= 0.3 is 0 Å². The highest BCUT2D eigenvalue weighted by Crippen LogP contribution is 2.41. The largest absolute Gasteiger partial charge is 0.490 e. The minimum Gasteiger partial charge on any atom is -0.490 e. The SMILES string of the molecule is CCCCCOc1ccc(C2c3c(oc4ccc(F)cc4c3=O)C(=O)N2CCCOC(C)C)cc1OCC. The Kier molecular flexibility index (Phi) is 9.05. The van der Waals surface area contributed by atoms with Gasteiger partial charge < -0.3 is 23.5 Å². The Labute approximate surface area is 222 Å². The summed E-state index contributed by atoms with van der Waals surface area (Å²) in [6, 6.07) is 8.51. The molecule has 2 heterocycles. The lowest BCUT2D eigenvalue weighted by Crippen LogP contribution is -2.31. The van der Waals surface area contributed by atoms with Gasteiger partial charge in [-0.05, 0) is 69.5 Å². The molecule has 3 aromatic rings. The van der Waals surface area contributed by atoms with Gasteiger partial charge in [-0.3, -0.25) is 9.59 Å². The molecule has 0 aliphatic carbocycles. The highest BCUT2D eigenvalue weighted by Gasteiger charge is 2.42. The lowest BCUT2D eigenvalue weighted by molar-refractivity contribution is 0.0593. The van der Waals surface area contributed by atoms with Gasteiger partial charge in [0.1, 0.15) is 11.4 Å². The van der Waals surface area contributed by atoms with Crippen molar-refractivity contribution in [3.63, 3.8) is 0 Å². The summed E-state index contributed by atoms with van der Waals surface area (Å²) in [5.41, 5.74) is 0.655. The maximum atomic E-state index is 14.0. The van der Waals surface area contributed by atoms with Crippen molar-refractivity contribution in [3.05, 3.63) is 69.3 Å². The van der Waals surface area contributed by atoms with Crippen molar-refractivity contribution < 1.29 is 27.8 Å². The number of halogens is 1. The van der Waals surface area contributed by atoms with Crippen LogP contribution < -0.4 is 14.9 Å². The van der Waals surface area contributed by atoms with Crippen LogP contribution in [0, 0.1) is 5.82 Å². The van der Waals surface area contributed by atoms with Gasteiger partial charge in [-0.1, -0.05) is 25.8 Å². The number of hydrogen-bond donors (Lipinski definition) is 0. The van der Waals surface area contributed by atoms with E-state index in [4.69, 9.17) is 18.6 Å². The van der Waals surface area contributed by atoms with E-state index in [-0.39, 0.29) is 34.3 Å². The zero-order chi connectivity index (χ0) is 27.2. The van der Waals surface area contributed by atoms with Gasteiger partial charge in [0.15, 0.2) is 16.9 Å². The molecule has 0 radical (unpaired) electrons. The fraction of sp³-hybridized carbons (Fsp3) is 0.467. The number of hydrogen-bond acceptors (Lipinski definition) is 6. The standard InChI is InChI=1S/C30H36FNO6/c1-5-7-8-15-37-24-12-10-20(17-25(24)35-6-2)27-26-28(33)22-18-21(31)11-13-23(22)38-29(26)30(34)32(27)14-9-16-36-19(3)4/h10-13,17-19,27H,5-9,14-16H2,1-4H3. The second kappa shape index (κ2) is 12.4.